The third-order valence-corrected chi connectivity index (χ3v) is 5.68. The first kappa shape index (κ1) is 17.5. The molecule has 4 rings (SSSR count). The number of methoxy groups -OCH3 is 1. The molecule has 2 saturated carbocycles. The molecule has 138 valence electrons. The molecule has 26 heavy (non-hydrogen) atoms. The Morgan fingerprint density at radius 3 is 2.46 bits per heavy atom. The van der Waals surface area contributed by atoms with Crippen LogP contribution in [-0.4, -0.2) is 39.5 Å². The number of rotatable bonds is 5. The number of thioether (sulfide) groups is 1. The fraction of sp³-hybridized carbons (Fsp3) is 0.529. The minimum Gasteiger partial charge on any atom is -0.480 e. The van der Waals surface area contributed by atoms with Crippen LogP contribution in [0.1, 0.15) is 42.9 Å². The quantitative estimate of drug-likeness (QED) is 0.572. The molecule has 0 radical (unpaired) electrons. The van der Waals surface area contributed by atoms with Crippen molar-refractivity contribution in [3.05, 3.63) is 23.8 Å². The summed E-state index contributed by atoms with van der Waals surface area (Å²) in [4.78, 5) is 17.2. The zero-order valence-corrected chi connectivity index (χ0v) is 15.1. The highest BCUT2D eigenvalue weighted by atomic mass is 32.2. The zero-order valence-electron chi connectivity index (χ0n) is 14.3. The van der Waals surface area contributed by atoms with Crippen molar-refractivity contribution in [3.63, 3.8) is 0 Å². The van der Waals surface area contributed by atoms with Crippen LogP contribution in [0.5, 0.6) is 5.88 Å². The summed E-state index contributed by atoms with van der Waals surface area (Å²) in [5.41, 5.74) is -0.268. The Kier molecular flexibility index (Phi) is 4.09. The lowest BCUT2D eigenvalue weighted by Gasteiger charge is -2.21. The predicted octanol–water partition coefficient (Wildman–Crippen LogP) is 4.14. The standard InChI is InChI=1S/C17H17F3N4OS/c1-25-14-11(12(9-3-4-9)22-8-23-14)13-21-7-10(15(24-13)26-2)16(5-6-16)17(18,19)20/h7-9H,3-6H2,1-2H3. The van der Waals surface area contributed by atoms with Gasteiger partial charge in [0.25, 0.3) is 0 Å². The van der Waals surface area contributed by atoms with Gasteiger partial charge < -0.3 is 4.74 Å². The minimum absolute atomic E-state index is 0.0812. The lowest BCUT2D eigenvalue weighted by atomic mass is 9.98. The molecule has 0 unspecified atom stereocenters. The largest absolute Gasteiger partial charge is 0.480 e. The average Bonchev–Trinajstić information content (AvgIpc) is 3.52. The van der Waals surface area contributed by atoms with Crippen molar-refractivity contribution < 1.29 is 17.9 Å². The van der Waals surface area contributed by atoms with Gasteiger partial charge >= 0.3 is 6.18 Å². The molecule has 5 nitrogen and oxygen atoms in total. The van der Waals surface area contributed by atoms with E-state index in [-0.39, 0.29) is 18.4 Å². The molecule has 2 aliphatic rings. The van der Waals surface area contributed by atoms with Gasteiger partial charge in [0.1, 0.15) is 16.9 Å². The van der Waals surface area contributed by atoms with E-state index in [1.165, 1.54) is 31.4 Å². The molecule has 0 atom stereocenters. The molecule has 0 bridgehead atoms. The molecular weight excluding hydrogens is 365 g/mol. The first-order valence-corrected chi connectivity index (χ1v) is 9.51. The Labute approximate surface area is 152 Å². The molecule has 2 fully saturated rings. The highest BCUT2D eigenvalue weighted by molar-refractivity contribution is 7.98. The molecule has 2 aliphatic carbocycles. The molecule has 0 aliphatic heterocycles. The van der Waals surface area contributed by atoms with Crippen LogP contribution in [0.3, 0.4) is 0 Å². The maximum absolute atomic E-state index is 13.5. The molecular formula is C17H17F3N4OS. The Bertz CT molecular complexity index is 850. The number of hydrogen-bond acceptors (Lipinski definition) is 6. The summed E-state index contributed by atoms with van der Waals surface area (Å²) < 4.78 is 45.9. The van der Waals surface area contributed by atoms with Gasteiger partial charge in [-0.1, -0.05) is 0 Å². The van der Waals surface area contributed by atoms with Crippen molar-refractivity contribution in [2.24, 2.45) is 0 Å². The van der Waals surface area contributed by atoms with Crippen molar-refractivity contribution >= 4 is 11.8 Å². The van der Waals surface area contributed by atoms with Gasteiger partial charge in [-0.3, -0.25) is 0 Å². The number of halogens is 3. The maximum Gasteiger partial charge on any atom is 0.398 e. The Hall–Kier alpha value is -1.90. The Morgan fingerprint density at radius 1 is 1.19 bits per heavy atom. The van der Waals surface area contributed by atoms with Crippen molar-refractivity contribution in [2.45, 2.75) is 48.2 Å². The van der Waals surface area contributed by atoms with Crippen LogP contribution in [0, 0.1) is 0 Å². The van der Waals surface area contributed by atoms with Gasteiger partial charge in [-0.2, -0.15) is 13.2 Å². The van der Waals surface area contributed by atoms with E-state index in [4.69, 9.17) is 4.74 Å². The molecule has 2 aromatic rings. The van der Waals surface area contributed by atoms with Crippen LogP contribution >= 0.6 is 11.8 Å². The van der Waals surface area contributed by atoms with Gasteiger partial charge in [0, 0.05) is 17.7 Å². The van der Waals surface area contributed by atoms with E-state index in [1.54, 1.807) is 6.26 Å². The first-order valence-electron chi connectivity index (χ1n) is 8.29. The number of aromatic nitrogens is 4. The van der Waals surface area contributed by atoms with Gasteiger partial charge in [-0.15, -0.1) is 11.8 Å². The Balaban J connectivity index is 1.84. The monoisotopic (exact) mass is 382 g/mol. The maximum atomic E-state index is 13.5. The van der Waals surface area contributed by atoms with E-state index in [2.05, 4.69) is 19.9 Å². The van der Waals surface area contributed by atoms with Crippen molar-refractivity contribution in [1.29, 1.82) is 0 Å². The lowest BCUT2D eigenvalue weighted by Crippen LogP contribution is -2.29. The van der Waals surface area contributed by atoms with Gasteiger partial charge in [0.15, 0.2) is 5.82 Å². The van der Waals surface area contributed by atoms with E-state index in [0.717, 1.165) is 18.5 Å². The van der Waals surface area contributed by atoms with E-state index in [1.807, 2.05) is 0 Å². The van der Waals surface area contributed by atoms with Gasteiger partial charge in [0.2, 0.25) is 5.88 Å². The molecule has 0 saturated heterocycles. The van der Waals surface area contributed by atoms with Gasteiger partial charge in [-0.25, -0.2) is 19.9 Å². The van der Waals surface area contributed by atoms with Gasteiger partial charge in [0.05, 0.1) is 18.2 Å². The summed E-state index contributed by atoms with van der Waals surface area (Å²) in [7, 11) is 1.50. The molecule has 2 heterocycles. The number of alkyl halides is 3. The molecule has 0 N–H and O–H groups in total. The summed E-state index contributed by atoms with van der Waals surface area (Å²) in [5.74, 6) is 0.960. The summed E-state index contributed by atoms with van der Waals surface area (Å²) in [5, 5.41) is 0.345. The summed E-state index contributed by atoms with van der Waals surface area (Å²) in [6, 6.07) is 0. The van der Waals surface area contributed by atoms with Crippen molar-refractivity contribution in [3.8, 4) is 17.3 Å². The second kappa shape index (κ2) is 6.07. The van der Waals surface area contributed by atoms with E-state index in [9.17, 15) is 13.2 Å². The third kappa shape index (κ3) is 2.72. The van der Waals surface area contributed by atoms with Gasteiger partial charge in [-0.05, 0) is 31.9 Å². The predicted molar refractivity (Wildman–Crippen MR) is 90.3 cm³/mol. The second-order valence-corrected chi connectivity index (χ2v) is 7.41. The van der Waals surface area contributed by atoms with E-state index in [0.29, 0.717) is 28.2 Å². The first-order chi connectivity index (χ1) is 12.4. The van der Waals surface area contributed by atoms with Crippen LogP contribution in [-0.2, 0) is 5.41 Å². The van der Waals surface area contributed by atoms with Crippen LogP contribution < -0.4 is 4.74 Å². The van der Waals surface area contributed by atoms with Crippen LogP contribution in [0.2, 0.25) is 0 Å². The molecule has 0 aromatic carbocycles. The summed E-state index contributed by atoms with van der Waals surface area (Å²) in [6.45, 7) is 0. The topological polar surface area (TPSA) is 60.8 Å². The minimum atomic E-state index is -4.30. The SMILES string of the molecule is COc1ncnc(C2CC2)c1-c1ncc(C2(C(F)(F)F)CC2)c(SC)n1. The molecule has 9 heteroatoms. The van der Waals surface area contributed by atoms with Crippen molar-refractivity contribution in [2.75, 3.05) is 13.4 Å². The number of ether oxygens (including phenoxy) is 1. The zero-order chi connectivity index (χ0) is 18.5. The highest BCUT2D eigenvalue weighted by Crippen LogP contribution is 2.60. The second-order valence-electron chi connectivity index (χ2n) is 6.61. The van der Waals surface area contributed by atoms with Crippen molar-refractivity contribution in [1.82, 2.24) is 19.9 Å². The van der Waals surface area contributed by atoms with E-state index >= 15 is 0 Å². The highest BCUT2D eigenvalue weighted by Gasteiger charge is 2.65. The fourth-order valence-electron chi connectivity index (χ4n) is 3.21. The Morgan fingerprint density at radius 2 is 1.92 bits per heavy atom. The third-order valence-electron chi connectivity index (χ3n) is 4.98. The fourth-order valence-corrected chi connectivity index (χ4v) is 3.86. The van der Waals surface area contributed by atoms with Crippen LogP contribution in [0.25, 0.3) is 11.4 Å². The smallest absolute Gasteiger partial charge is 0.398 e. The van der Waals surface area contributed by atoms with E-state index < -0.39 is 11.6 Å². The number of nitrogens with zero attached hydrogens (tertiary/aromatic N) is 4. The van der Waals surface area contributed by atoms with Crippen LogP contribution in [0.15, 0.2) is 17.6 Å². The van der Waals surface area contributed by atoms with Crippen LogP contribution in [0.4, 0.5) is 13.2 Å². The normalized spacial score (nSPS) is 18.7. The number of hydrogen-bond donors (Lipinski definition) is 0. The lowest BCUT2D eigenvalue weighted by molar-refractivity contribution is -0.161. The molecule has 0 spiro atoms. The summed E-state index contributed by atoms with van der Waals surface area (Å²) in [6.07, 6.45) is 2.36. The summed E-state index contributed by atoms with van der Waals surface area (Å²) >= 11 is 1.20. The molecule has 2 aromatic heterocycles. The average molecular weight is 382 g/mol. The molecule has 0 amide bonds.